The number of likely N-dealkylation sites (tertiary alicyclic amines) is 2. The molecule has 40 heavy (non-hydrogen) atoms. The first-order chi connectivity index (χ1) is 19.3. The molecule has 1 atom stereocenters. The molecule has 2 aromatic carbocycles. The lowest BCUT2D eigenvalue weighted by atomic mass is 9.94. The van der Waals surface area contributed by atoms with E-state index in [1.54, 1.807) is 45.9 Å². The van der Waals surface area contributed by atoms with Gasteiger partial charge in [-0.3, -0.25) is 24.1 Å². The van der Waals surface area contributed by atoms with E-state index in [0.717, 1.165) is 5.56 Å². The number of hydrogen-bond donors (Lipinski definition) is 0. The Hall–Kier alpha value is -3.72. The first-order valence-electron chi connectivity index (χ1n) is 14.2. The Balaban J connectivity index is 1.33. The number of amides is 3. The largest absolute Gasteiger partial charge is 0.466 e. The van der Waals surface area contributed by atoms with E-state index in [4.69, 9.17) is 9.47 Å². The van der Waals surface area contributed by atoms with Crippen LogP contribution in [-0.4, -0.2) is 89.6 Å². The van der Waals surface area contributed by atoms with Gasteiger partial charge in [0.15, 0.2) is 0 Å². The van der Waals surface area contributed by atoms with Crippen molar-refractivity contribution in [1.82, 2.24) is 14.7 Å². The number of benzene rings is 2. The summed E-state index contributed by atoms with van der Waals surface area (Å²) < 4.78 is 11.5. The highest BCUT2D eigenvalue weighted by atomic mass is 16.5. The molecule has 0 bridgehead atoms. The van der Waals surface area contributed by atoms with Crippen LogP contribution in [0.15, 0.2) is 54.6 Å². The van der Waals surface area contributed by atoms with Gasteiger partial charge in [0.05, 0.1) is 19.1 Å². The fourth-order valence-electron chi connectivity index (χ4n) is 6.10. The number of ether oxygens (including phenoxy) is 2. The molecule has 3 heterocycles. The fourth-order valence-corrected chi connectivity index (χ4v) is 6.10. The molecule has 1 spiro atoms. The lowest BCUT2D eigenvalue weighted by Crippen LogP contribution is -2.60. The van der Waals surface area contributed by atoms with Gasteiger partial charge in [0, 0.05) is 50.1 Å². The zero-order valence-corrected chi connectivity index (χ0v) is 23.2. The molecule has 9 nitrogen and oxygen atoms in total. The monoisotopic (exact) mass is 547 g/mol. The van der Waals surface area contributed by atoms with Gasteiger partial charge in [-0.2, -0.15) is 0 Å². The maximum atomic E-state index is 13.9. The number of carbonyl (C=O) groups is 4. The number of rotatable bonds is 5. The molecule has 1 unspecified atom stereocenters. The first kappa shape index (κ1) is 27.8. The second-order valence-electron chi connectivity index (χ2n) is 10.8. The van der Waals surface area contributed by atoms with E-state index in [-0.39, 0.29) is 36.2 Å². The van der Waals surface area contributed by atoms with Crippen LogP contribution in [0.5, 0.6) is 0 Å². The van der Waals surface area contributed by atoms with Crippen molar-refractivity contribution in [2.24, 2.45) is 5.92 Å². The molecule has 3 aliphatic rings. The standard InChI is InChI=1S/C31H37N3O6/c1-3-39-30(38)24-12-16-32(17-13-24)29(37)26-21-40-31(34(26)28(36)23-9-5-4-6-10-23)14-18-33(19-15-31)27(35)25-11-7-8-22(2)20-25/h4-11,20,24,26H,3,12-19,21H2,1-2H3. The van der Waals surface area contributed by atoms with E-state index < -0.39 is 11.8 Å². The van der Waals surface area contributed by atoms with E-state index in [1.807, 2.05) is 37.3 Å². The van der Waals surface area contributed by atoms with Gasteiger partial charge in [-0.25, -0.2) is 0 Å². The third-order valence-electron chi connectivity index (χ3n) is 8.31. The Morgan fingerprint density at radius 2 is 1.55 bits per heavy atom. The van der Waals surface area contributed by atoms with Crippen LogP contribution in [0.3, 0.4) is 0 Å². The van der Waals surface area contributed by atoms with Gasteiger partial charge in [0.1, 0.15) is 11.8 Å². The fraction of sp³-hybridized carbons (Fsp3) is 0.484. The minimum absolute atomic E-state index is 0.0467. The minimum atomic E-state index is -0.972. The molecule has 5 rings (SSSR count). The van der Waals surface area contributed by atoms with Crippen molar-refractivity contribution in [2.75, 3.05) is 39.4 Å². The molecule has 2 aromatic rings. The number of nitrogens with zero attached hydrogens (tertiary/aromatic N) is 3. The maximum absolute atomic E-state index is 13.9. The quantitative estimate of drug-likeness (QED) is 0.533. The van der Waals surface area contributed by atoms with Gasteiger partial charge >= 0.3 is 5.97 Å². The van der Waals surface area contributed by atoms with Crippen LogP contribution in [-0.2, 0) is 19.1 Å². The van der Waals surface area contributed by atoms with Crippen molar-refractivity contribution in [2.45, 2.75) is 51.3 Å². The third kappa shape index (κ3) is 5.47. The van der Waals surface area contributed by atoms with E-state index >= 15 is 0 Å². The van der Waals surface area contributed by atoms with Gasteiger partial charge in [0.2, 0.25) is 5.91 Å². The Morgan fingerprint density at radius 1 is 0.875 bits per heavy atom. The Labute approximate surface area is 235 Å². The Kier molecular flexibility index (Phi) is 8.21. The van der Waals surface area contributed by atoms with Crippen molar-refractivity contribution in [3.05, 3.63) is 71.3 Å². The van der Waals surface area contributed by atoms with Gasteiger partial charge < -0.3 is 19.3 Å². The summed E-state index contributed by atoms with van der Waals surface area (Å²) in [6, 6.07) is 15.7. The normalized spacial score (nSPS) is 20.9. The molecule has 0 aliphatic carbocycles. The molecular formula is C31H37N3O6. The van der Waals surface area contributed by atoms with E-state index in [9.17, 15) is 19.2 Å². The van der Waals surface area contributed by atoms with Crippen LogP contribution in [0.2, 0.25) is 0 Å². The van der Waals surface area contributed by atoms with Crippen LogP contribution in [0, 0.1) is 12.8 Å². The maximum Gasteiger partial charge on any atom is 0.309 e. The van der Waals surface area contributed by atoms with Crippen LogP contribution in [0.25, 0.3) is 0 Å². The van der Waals surface area contributed by atoms with Crippen molar-refractivity contribution >= 4 is 23.7 Å². The molecule has 212 valence electrons. The average molecular weight is 548 g/mol. The number of piperidine rings is 2. The van der Waals surface area contributed by atoms with Crippen LogP contribution >= 0.6 is 0 Å². The number of aryl methyl sites for hydroxylation is 1. The van der Waals surface area contributed by atoms with Crippen LogP contribution < -0.4 is 0 Å². The summed E-state index contributed by atoms with van der Waals surface area (Å²) in [7, 11) is 0. The molecule has 0 radical (unpaired) electrons. The highest BCUT2D eigenvalue weighted by molar-refractivity contribution is 5.98. The summed E-state index contributed by atoms with van der Waals surface area (Å²) in [6.45, 7) is 5.86. The van der Waals surface area contributed by atoms with Gasteiger partial charge in [-0.05, 0) is 51.0 Å². The Bertz CT molecular complexity index is 1250. The number of esters is 1. The Morgan fingerprint density at radius 3 is 2.20 bits per heavy atom. The highest BCUT2D eigenvalue weighted by Crippen LogP contribution is 2.39. The molecule has 0 saturated carbocycles. The number of carbonyl (C=O) groups excluding carboxylic acids is 4. The second kappa shape index (κ2) is 11.8. The SMILES string of the molecule is CCOC(=O)C1CCN(C(=O)C2COC3(CCN(C(=O)c4cccc(C)c4)CC3)N2C(=O)c2ccccc2)CC1. The molecule has 0 N–H and O–H groups in total. The average Bonchev–Trinajstić information content (AvgIpc) is 3.35. The third-order valence-corrected chi connectivity index (χ3v) is 8.31. The zero-order chi connectivity index (χ0) is 28.3. The lowest BCUT2D eigenvalue weighted by molar-refractivity contribution is -0.152. The molecule has 3 amide bonds. The summed E-state index contributed by atoms with van der Waals surface area (Å²) in [4.78, 5) is 58.3. The van der Waals surface area contributed by atoms with Gasteiger partial charge in [-0.1, -0.05) is 35.9 Å². The summed E-state index contributed by atoms with van der Waals surface area (Å²) >= 11 is 0. The highest BCUT2D eigenvalue weighted by Gasteiger charge is 2.55. The van der Waals surface area contributed by atoms with Gasteiger partial charge in [0.25, 0.3) is 11.8 Å². The van der Waals surface area contributed by atoms with E-state index in [1.165, 1.54) is 0 Å². The predicted octanol–water partition coefficient (Wildman–Crippen LogP) is 3.27. The molecule has 3 saturated heterocycles. The van der Waals surface area contributed by atoms with Crippen LogP contribution in [0.4, 0.5) is 0 Å². The zero-order valence-electron chi connectivity index (χ0n) is 23.2. The predicted molar refractivity (Wildman–Crippen MR) is 147 cm³/mol. The van der Waals surface area contributed by atoms with Crippen molar-refractivity contribution in [3.8, 4) is 0 Å². The summed E-state index contributed by atoms with van der Waals surface area (Å²) in [6.07, 6.45) is 1.90. The van der Waals surface area contributed by atoms with Crippen molar-refractivity contribution < 1.29 is 28.7 Å². The lowest BCUT2D eigenvalue weighted by Gasteiger charge is -2.45. The smallest absolute Gasteiger partial charge is 0.309 e. The van der Waals surface area contributed by atoms with E-state index in [0.29, 0.717) is 69.6 Å². The molecular weight excluding hydrogens is 510 g/mol. The second-order valence-corrected chi connectivity index (χ2v) is 10.8. The summed E-state index contributed by atoms with van der Waals surface area (Å²) in [5, 5.41) is 0. The first-order valence-corrected chi connectivity index (χ1v) is 14.2. The van der Waals surface area contributed by atoms with Gasteiger partial charge in [-0.15, -0.1) is 0 Å². The molecule has 9 heteroatoms. The van der Waals surface area contributed by atoms with E-state index in [2.05, 4.69) is 0 Å². The molecule has 0 aromatic heterocycles. The minimum Gasteiger partial charge on any atom is -0.466 e. The summed E-state index contributed by atoms with van der Waals surface area (Å²) in [5.41, 5.74) is 1.18. The van der Waals surface area contributed by atoms with Crippen molar-refractivity contribution in [3.63, 3.8) is 0 Å². The number of hydrogen-bond acceptors (Lipinski definition) is 6. The van der Waals surface area contributed by atoms with Crippen LogP contribution in [0.1, 0.15) is 58.9 Å². The summed E-state index contributed by atoms with van der Waals surface area (Å²) in [5.74, 6) is -0.897. The van der Waals surface area contributed by atoms with Crippen molar-refractivity contribution in [1.29, 1.82) is 0 Å². The molecule has 3 aliphatic heterocycles. The molecule has 3 fully saturated rings. The topological polar surface area (TPSA) is 96.5 Å².